The van der Waals surface area contributed by atoms with Gasteiger partial charge in [-0.05, 0) is 28.3 Å². The molecule has 24 heavy (non-hydrogen) atoms. The van der Waals surface area contributed by atoms with Crippen LogP contribution in [0.25, 0.3) is 21.5 Å². The summed E-state index contributed by atoms with van der Waals surface area (Å²) < 4.78 is 10.5. The molecule has 4 rings (SSSR count). The highest BCUT2D eigenvalue weighted by molar-refractivity contribution is 7.13. The van der Waals surface area contributed by atoms with Crippen LogP contribution >= 0.6 is 11.3 Å². The number of ether oxygens (including phenoxy) is 1. The number of nitrogens with zero attached hydrogens (tertiary/aromatic N) is 2. The molecule has 2 heterocycles. The molecular formula is C18H12N2O3S. The maximum Gasteiger partial charge on any atom is 0.339 e. The van der Waals surface area contributed by atoms with Crippen molar-refractivity contribution in [3.8, 4) is 10.7 Å². The fourth-order valence-electron chi connectivity index (χ4n) is 2.43. The number of hydrogen-bond acceptors (Lipinski definition) is 6. The minimum atomic E-state index is -0.414. The highest BCUT2D eigenvalue weighted by Gasteiger charge is 2.14. The van der Waals surface area contributed by atoms with E-state index in [1.165, 1.54) is 11.3 Å². The zero-order chi connectivity index (χ0) is 16.4. The van der Waals surface area contributed by atoms with Gasteiger partial charge in [-0.1, -0.05) is 47.6 Å². The number of thiophene rings is 1. The smallest absolute Gasteiger partial charge is 0.339 e. The Labute approximate surface area is 141 Å². The third kappa shape index (κ3) is 2.79. The van der Waals surface area contributed by atoms with Gasteiger partial charge in [0.1, 0.15) is 0 Å². The second kappa shape index (κ2) is 6.25. The molecule has 0 saturated heterocycles. The maximum absolute atomic E-state index is 12.4. The highest BCUT2D eigenvalue weighted by atomic mass is 32.1. The van der Waals surface area contributed by atoms with Gasteiger partial charge in [-0.15, -0.1) is 11.3 Å². The van der Waals surface area contributed by atoms with E-state index < -0.39 is 5.97 Å². The maximum atomic E-state index is 12.4. The lowest BCUT2D eigenvalue weighted by Crippen LogP contribution is -2.06. The average Bonchev–Trinajstić information content (AvgIpc) is 3.30. The Morgan fingerprint density at radius 1 is 1.08 bits per heavy atom. The molecule has 4 aromatic rings. The average molecular weight is 336 g/mol. The number of carbonyl (C=O) groups is 1. The highest BCUT2D eigenvalue weighted by Crippen LogP contribution is 2.22. The summed E-state index contributed by atoms with van der Waals surface area (Å²) in [5, 5.41) is 7.68. The Balaban J connectivity index is 1.50. The van der Waals surface area contributed by atoms with Crippen LogP contribution in [-0.4, -0.2) is 16.1 Å². The Bertz CT molecular complexity index is 987. The molecule has 0 bridgehead atoms. The second-order valence-corrected chi connectivity index (χ2v) is 6.04. The van der Waals surface area contributed by atoms with Gasteiger partial charge in [0, 0.05) is 0 Å². The van der Waals surface area contributed by atoms with E-state index in [1.54, 1.807) is 6.07 Å². The molecule has 0 N–H and O–H groups in total. The van der Waals surface area contributed by atoms with Crippen LogP contribution in [0.2, 0.25) is 0 Å². The molecule has 0 saturated carbocycles. The molecule has 0 radical (unpaired) electrons. The van der Waals surface area contributed by atoms with Crippen LogP contribution in [0.3, 0.4) is 0 Å². The summed E-state index contributed by atoms with van der Waals surface area (Å²) >= 11 is 1.52. The first-order valence-corrected chi connectivity index (χ1v) is 8.20. The standard InChI is InChI=1S/C18H12N2O3S/c21-18(14-8-3-6-12-5-1-2-7-13(12)14)22-11-16-19-17(20-23-16)15-9-4-10-24-15/h1-10H,11H2. The van der Waals surface area contributed by atoms with Crippen molar-refractivity contribution in [3.05, 3.63) is 71.4 Å². The first-order chi connectivity index (χ1) is 11.8. The fraction of sp³-hybridized carbons (Fsp3) is 0.0556. The summed E-state index contributed by atoms with van der Waals surface area (Å²) in [4.78, 5) is 17.5. The molecule has 0 aliphatic heterocycles. The molecule has 0 unspecified atom stereocenters. The molecule has 6 heteroatoms. The largest absolute Gasteiger partial charge is 0.452 e. The predicted octanol–water partition coefficient (Wildman–Crippen LogP) is 4.31. The van der Waals surface area contributed by atoms with Crippen molar-refractivity contribution >= 4 is 28.1 Å². The lowest BCUT2D eigenvalue weighted by Gasteiger charge is -2.05. The lowest BCUT2D eigenvalue weighted by molar-refractivity contribution is 0.0432. The Morgan fingerprint density at radius 3 is 2.83 bits per heavy atom. The van der Waals surface area contributed by atoms with Crippen LogP contribution in [0.4, 0.5) is 0 Å². The lowest BCUT2D eigenvalue weighted by atomic mass is 10.1. The van der Waals surface area contributed by atoms with Gasteiger partial charge in [0.25, 0.3) is 5.89 Å². The fourth-order valence-corrected chi connectivity index (χ4v) is 3.08. The number of fused-ring (bicyclic) bond motifs is 1. The number of rotatable bonds is 4. The van der Waals surface area contributed by atoms with Gasteiger partial charge in [0.05, 0.1) is 10.4 Å². The van der Waals surface area contributed by atoms with Gasteiger partial charge in [0.2, 0.25) is 5.82 Å². The molecule has 0 aliphatic carbocycles. The number of esters is 1. The molecule has 2 aromatic heterocycles. The van der Waals surface area contributed by atoms with Crippen molar-refractivity contribution in [2.45, 2.75) is 6.61 Å². The Morgan fingerprint density at radius 2 is 1.96 bits per heavy atom. The number of aromatic nitrogens is 2. The number of carbonyl (C=O) groups excluding carboxylic acids is 1. The predicted molar refractivity (Wildman–Crippen MR) is 90.7 cm³/mol. The topological polar surface area (TPSA) is 65.2 Å². The van der Waals surface area contributed by atoms with E-state index >= 15 is 0 Å². The third-order valence-corrected chi connectivity index (χ3v) is 4.41. The van der Waals surface area contributed by atoms with Gasteiger partial charge >= 0.3 is 5.97 Å². The van der Waals surface area contributed by atoms with Crippen LogP contribution in [0, 0.1) is 0 Å². The van der Waals surface area contributed by atoms with Gasteiger partial charge in [-0.25, -0.2) is 4.79 Å². The van der Waals surface area contributed by atoms with Crippen LogP contribution < -0.4 is 0 Å². The SMILES string of the molecule is O=C(OCc1nc(-c2cccs2)no1)c1cccc2ccccc12. The van der Waals surface area contributed by atoms with Crippen LogP contribution in [0.5, 0.6) is 0 Å². The number of benzene rings is 2. The third-order valence-electron chi connectivity index (χ3n) is 3.55. The molecule has 118 valence electrons. The van der Waals surface area contributed by atoms with E-state index in [9.17, 15) is 4.79 Å². The summed E-state index contributed by atoms with van der Waals surface area (Å²) in [6.07, 6.45) is 0. The van der Waals surface area contributed by atoms with Gasteiger partial charge in [-0.3, -0.25) is 0 Å². The van der Waals surface area contributed by atoms with Crippen LogP contribution in [0.1, 0.15) is 16.2 Å². The van der Waals surface area contributed by atoms with E-state index in [2.05, 4.69) is 10.1 Å². The van der Waals surface area contributed by atoms with Crippen molar-refractivity contribution < 1.29 is 14.1 Å². The molecule has 0 spiro atoms. The van der Waals surface area contributed by atoms with Crippen molar-refractivity contribution in [3.63, 3.8) is 0 Å². The quantitative estimate of drug-likeness (QED) is 0.520. The van der Waals surface area contributed by atoms with Gasteiger partial charge < -0.3 is 9.26 Å². The summed E-state index contributed by atoms with van der Waals surface area (Å²) in [5.41, 5.74) is 0.520. The molecule has 0 fully saturated rings. The van der Waals surface area contributed by atoms with Crippen molar-refractivity contribution in [2.75, 3.05) is 0 Å². The van der Waals surface area contributed by atoms with Crippen LogP contribution in [-0.2, 0) is 11.3 Å². The van der Waals surface area contributed by atoms with E-state index in [0.29, 0.717) is 11.4 Å². The van der Waals surface area contributed by atoms with Crippen LogP contribution in [0.15, 0.2) is 64.5 Å². The molecule has 2 aromatic carbocycles. The molecule has 0 atom stereocenters. The van der Waals surface area contributed by atoms with Gasteiger partial charge in [-0.2, -0.15) is 4.98 Å². The van der Waals surface area contributed by atoms with Crippen molar-refractivity contribution in [1.82, 2.24) is 10.1 Å². The zero-order valence-corrected chi connectivity index (χ0v) is 13.3. The summed E-state index contributed by atoms with van der Waals surface area (Å²) in [5.74, 6) is 0.357. The van der Waals surface area contributed by atoms with E-state index in [0.717, 1.165) is 15.6 Å². The summed E-state index contributed by atoms with van der Waals surface area (Å²) in [6, 6.07) is 17.0. The normalized spacial score (nSPS) is 10.8. The molecule has 5 nitrogen and oxygen atoms in total. The summed E-state index contributed by atoms with van der Waals surface area (Å²) in [6.45, 7) is -0.0551. The van der Waals surface area contributed by atoms with E-state index in [4.69, 9.17) is 9.26 Å². The Hall–Kier alpha value is -2.99. The van der Waals surface area contributed by atoms with Crippen molar-refractivity contribution in [1.29, 1.82) is 0 Å². The van der Waals surface area contributed by atoms with Gasteiger partial charge in [0.15, 0.2) is 6.61 Å². The van der Waals surface area contributed by atoms with E-state index in [1.807, 2.05) is 53.9 Å². The van der Waals surface area contributed by atoms with Crippen molar-refractivity contribution in [2.24, 2.45) is 0 Å². The van der Waals surface area contributed by atoms with E-state index in [-0.39, 0.29) is 12.5 Å². The minimum absolute atomic E-state index is 0.0551. The second-order valence-electron chi connectivity index (χ2n) is 5.09. The Kier molecular flexibility index (Phi) is 3.80. The first-order valence-electron chi connectivity index (χ1n) is 7.32. The molecular weight excluding hydrogens is 324 g/mol. The summed E-state index contributed by atoms with van der Waals surface area (Å²) in [7, 11) is 0. The first kappa shape index (κ1) is 14.6. The molecule has 0 amide bonds. The minimum Gasteiger partial charge on any atom is -0.452 e. The monoisotopic (exact) mass is 336 g/mol. The molecule has 0 aliphatic rings. The zero-order valence-electron chi connectivity index (χ0n) is 12.5. The number of hydrogen-bond donors (Lipinski definition) is 0.